The number of fused-ring (bicyclic) bond motifs is 1. The Hall–Kier alpha value is -0.323. The monoisotopic (exact) mass is 370 g/mol. The van der Waals surface area contributed by atoms with Crippen LogP contribution in [0.1, 0.15) is 37.5 Å². The van der Waals surface area contributed by atoms with Crippen LogP contribution in [0.3, 0.4) is 0 Å². The van der Waals surface area contributed by atoms with E-state index in [1.54, 1.807) is 0 Å². The molecule has 0 saturated carbocycles. The first-order valence-corrected chi connectivity index (χ1v) is 11.4. The van der Waals surface area contributed by atoms with Gasteiger partial charge in [-0.25, -0.2) is 0 Å². The highest BCUT2D eigenvalue weighted by Crippen LogP contribution is 2.41. The van der Waals surface area contributed by atoms with Crippen molar-refractivity contribution in [1.82, 2.24) is 0 Å². The molecule has 0 aromatic heterocycles. The Morgan fingerprint density at radius 2 is 1.86 bits per heavy atom. The van der Waals surface area contributed by atoms with Crippen molar-refractivity contribution in [2.24, 2.45) is 5.92 Å². The number of halogens is 1. The number of hydrogen-bond donors (Lipinski definition) is 1. The van der Waals surface area contributed by atoms with E-state index < -0.39 is 8.32 Å². The lowest BCUT2D eigenvalue weighted by Crippen LogP contribution is -2.42. The summed E-state index contributed by atoms with van der Waals surface area (Å²) in [5.41, 5.74) is 3.70. The van der Waals surface area contributed by atoms with Gasteiger partial charge in [-0.2, -0.15) is 0 Å². The van der Waals surface area contributed by atoms with E-state index in [4.69, 9.17) is 4.43 Å². The molecule has 118 valence electrons. The summed E-state index contributed by atoms with van der Waals surface area (Å²) in [4.78, 5) is 0. The fourth-order valence-electron chi connectivity index (χ4n) is 2.65. The lowest BCUT2D eigenvalue weighted by Gasteiger charge is -2.37. The van der Waals surface area contributed by atoms with Crippen LogP contribution >= 0.6 is 15.9 Å². The third-order valence-corrected chi connectivity index (χ3v) is 10.4. The van der Waals surface area contributed by atoms with Crippen molar-refractivity contribution < 1.29 is 9.53 Å². The fourth-order valence-corrected chi connectivity index (χ4v) is 4.35. The first-order chi connectivity index (χ1) is 9.53. The van der Waals surface area contributed by atoms with Crippen LogP contribution in [0.5, 0.6) is 5.75 Å². The van der Waals surface area contributed by atoms with Gasteiger partial charge in [0.2, 0.25) is 0 Å². The average molecular weight is 371 g/mol. The number of hydrogen-bond acceptors (Lipinski definition) is 2. The Labute approximate surface area is 138 Å². The van der Waals surface area contributed by atoms with Crippen molar-refractivity contribution in [1.29, 1.82) is 0 Å². The van der Waals surface area contributed by atoms with E-state index in [2.05, 4.69) is 49.8 Å². The first kappa shape index (κ1) is 17.0. The van der Waals surface area contributed by atoms with E-state index in [-0.39, 0.29) is 5.04 Å². The number of phenolic OH excluding ortho intramolecular Hbond substituents is 1. The number of benzene rings is 1. The molecule has 0 heterocycles. The second-order valence-electron chi connectivity index (χ2n) is 7.81. The van der Waals surface area contributed by atoms with E-state index in [9.17, 15) is 5.11 Å². The molecule has 21 heavy (non-hydrogen) atoms. The third kappa shape index (κ3) is 3.38. The van der Waals surface area contributed by atoms with Crippen LogP contribution in [0, 0.1) is 12.8 Å². The Morgan fingerprint density at radius 1 is 1.29 bits per heavy atom. The van der Waals surface area contributed by atoms with Crippen molar-refractivity contribution in [2.45, 2.75) is 58.7 Å². The molecule has 0 bridgehead atoms. The Bertz CT molecular complexity index is 547. The van der Waals surface area contributed by atoms with Gasteiger partial charge in [-0.1, -0.05) is 36.7 Å². The zero-order chi connectivity index (χ0) is 16.0. The molecule has 1 N–H and O–H groups in total. The maximum absolute atomic E-state index is 9.96. The Kier molecular flexibility index (Phi) is 4.63. The summed E-state index contributed by atoms with van der Waals surface area (Å²) in [7, 11) is -1.67. The summed E-state index contributed by atoms with van der Waals surface area (Å²) in [5.74, 6) is 0.928. The predicted molar refractivity (Wildman–Crippen MR) is 94.6 cm³/mol. The topological polar surface area (TPSA) is 29.5 Å². The molecule has 1 aliphatic rings. The lowest BCUT2D eigenvalue weighted by molar-refractivity contribution is 0.232. The van der Waals surface area contributed by atoms with Crippen LogP contribution in [-0.2, 0) is 17.3 Å². The highest BCUT2D eigenvalue weighted by molar-refractivity contribution is 9.10. The SMILES string of the molecule is Cc1c(O)cc(Br)c2c1CC(CO[Si](C)(C)C(C)(C)C)C2. The molecule has 0 radical (unpaired) electrons. The average Bonchev–Trinajstić information content (AvgIpc) is 2.77. The third-order valence-electron chi connectivity index (χ3n) is 5.22. The smallest absolute Gasteiger partial charge is 0.191 e. The number of rotatable bonds is 3. The van der Waals surface area contributed by atoms with Gasteiger partial charge < -0.3 is 9.53 Å². The van der Waals surface area contributed by atoms with Crippen molar-refractivity contribution in [3.05, 3.63) is 27.2 Å². The molecule has 0 spiro atoms. The van der Waals surface area contributed by atoms with Gasteiger partial charge in [0, 0.05) is 11.1 Å². The van der Waals surface area contributed by atoms with Gasteiger partial charge >= 0.3 is 0 Å². The molecule has 2 nitrogen and oxygen atoms in total. The van der Waals surface area contributed by atoms with Crippen LogP contribution in [-0.4, -0.2) is 20.0 Å². The minimum Gasteiger partial charge on any atom is -0.508 e. The van der Waals surface area contributed by atoms with Gasteiger partial charge in [0.15, 0.2) is 8.32 Å². The maximum Gasteiger partial charge on any atom is 0.191 e. The Balaban J connectivity index is 2.08. The first-order valence-electron chi connectivity index (χ1n) is 7.66. The second-order valence-corrected chi connectivity index (χ2v) is 13.5. The van der Waals surface area contributed by atoms with E-state index >= 15 is 0 Å². The molecule has 1 aliphatic carbocycles. The molecular formula is C17H27BrO2Si. The number of phenols is 1. The quantitative estimate of drug-likeness (QED) is 0.740. The number of aromatic hydroxyl groups is 1. The predicted octanol–water partition coefficient (Wildman–Crippen LogP) is 5.20. The molecule has 4 heteroatoms. The van der Waals surface area contributed by atoms with Crippen LogP contribution in [0.15, 0.2) is 10.5 Å². The molecule has 1 unspecified atom stereocenters. The summed E-state index contributed by atoms with van der Waals surface area (Å²) in [5, 5.41) is 10.2. The van der Waals surface area contributed by atoms with Gasteiger partial charge in [-0.3, -0.25) is 0 Å². The van der Waals surface area contributed by atoms with E-state index in [1.807, 2.05) is 13.0 Å². The Morgan fingerprint density at radius 3 is 2.43 bits per heavy atom. The van der Waals surface area contributed by atoms with Crippen molar-refractivity contribution in [3.8, 4) is 5.75 Å². The highest BCUT2D eigenvalue weighted by Gasteiger charge is 2.38. The minimum absolute atomic E-state index is 0.257. The second kappa shape index (κ2) is 5.71. The summed E-state index contributed by atoms with van der Waals surface area (Å²) in [6.45, 7) is 14.3. The van der Waals surface area contributed by atoms with Crippen molar-refractivity contribution in [3.63, 3.8) is 0 Å². The molecule has 1 aromatic carbocycles. The van der Waals surface area contributed by atoms with Gasteiger partial charge in [0.25, 0.3) is 0 Å². The summed E-state index contributed by atoms with van der Waals surface area (Å²) >= 11 is 3.59. The normalized spacial score (nSPS) is 18.9. The molecular weight excluding hydrogens is 344 g/mol. The lowest BCUT2D eigenvalue weighted by atomic mass is 10.0. The van der Waals surface area contributed by atoms with Crippen LogP contribution in [0.2, 0.25) is 18.1 Å². The van der Waals surface area contributed by atoms with Gasteiger partial charge in [0.1, 0.15) is 5.75 Å². The maximum atomic E-state index is 9.96. The summed E-state index contributed by atoms with van der Waals surface area (Å²) < 4.78 is 7.42. The van der Waals surface area contributed by atoms with Crippen LogP contribution < -0.4 is 0 Å². The molecule has 2 rings (SSSR count). The molecule has 0 saturated heterocycles. The van der Waals surface area contributed by atoms with Gasteiger partial charge in [-0.15, -0.1) is 0 Å². The molecule has 0 aliphatic heterocycles. The molecule has 0 fully saturated rings. The standard InChI is InChI=1S/C17H27BrO2Si/c1-11-13-7-12(8-14(13)15(18)9-16(11)19)10-20-21(5,6)17(2,3)4/h9,12,19H,7-8,10H2,1-6H3. The van der Waals surface area contributed by atoms with Gasteiger partial charge in [0.05, 0.1) is 0 Å². The summed E-state index contributed by atoms with van der Waals surface area (Å²) in [6, 6.07) is 1.82. The van der Waals surface area contributed by atoms with Crippen LogP contribution in [0.4, 0.5) is 0 Å². The van der Waals surface area contributed by atoms with Gasteiger partial charge in [-0.05, 0) is 66.6 Å². The van der Waals surface area contributed by atoms with E-state index in [0.29, 0.717) is 11.7 Å². The zero-order valence-corrected chi connectivity index (χ0v) is 16.6. The van der Waals surface area contributed by atoms with Crippen molar-refractivity contribution in [2.75, 3.05) is 6.61 Å². The highest BCUT2D eigenvalue weighted by atomic mass is 79.9. The fraction of sp³-hybridized carbons (Fsp3) is 0.647. The largest absolute Gasteiger partial charge is 0.508 e. The van der Waals surface area contributed by atoms with Crippen molar-refractivity contribution >= 4 is 24.2 Å². The molecule has 0 amide bonds. The molecule has 1 aromatic rings. The minimum atomic E-state index is -1.67. The zero-order valence-electron chi connectivity index (χ0n) is 14.0. The van der Waals surface area contributed by atoms with Crippen LogP contribution in [0.25, 0.3) is 0 Å². The van der Waals surface area contributed by atoms with E-state index in [0.717, 1.165) is 29.5 Å². The molecule has 1 atom stereocenters. The van der Waals surface area contributed by atoms with E-state index in [1.165, 1.54) is 11.1 Å². The summed E-state index contributed by atoms with van der Waals surface area (Å²) in [6.07, 6.45) is 2.06.